The Kier molecular flexibility index (Phi) is 5.09. The van der Waals surface area contributed by atoms with Crippen molar-refractivity contribution >= 4 is 5.91 Å². The van der Waals surface area contributed by atoms with Gasteiger partial charge in [0.05, 0.1) is 24.5 Å². The molecule has 0 saturated carbocycles. The summed E-state index contributed by atoms with van der Waals surface area (Å²) >= 11 is 0. The molecule has 0 fully saturated rings. The lowest BCUT2D eigenvalue weighted by atomic mass is 10.1. The lowest BCUT2D eigenvalue weighted by Crippen LogP contribution is -2.38. The Balaban J connectivity index is 1.48. The Hall–Kier alpha value is -2.73. The Morgan fingerprint density at radius 1 is 1.32 bits per heavy atom. The number of aromatic nitrogens is 1. The molecule has 1 amide bonds. The minimum Gasteiger partial charge on any atom is -0.350 e. The third-order valence-electron chi connectivity index (χ3n) is 4.11. The van der Waals surface area contributed by atoms with Crippen LogP contribution in [0.15, 0.2) is 48.8 Å². The normalized spacial score (nSPS) is 16.3. The minimum atomic E-state index is -0.350. The molecule has 0 radical (unpaired) electrons. The summed E-state index contributed by atoms with van der Waals surface area (Å²) in [6.07, 6.45) is 5.06. The number of pyridine rings is 1. The summed E-state index contributed by atoms with van der Waals surface area (Å²) in [5.41, 5.74) is 6.73. The summed E-state index contributed by atoms with van der Waals surface area (Å²) in [7, 11) is 0. The molecule has 3 rings (SSSR count). The van der Waals surface area contributed by atoms with Gasteiger partial charge in [-0.2, -0.15) is 0 Å². The van der Waals surface area contributed by atoms with Gasteiger partial charge in [-0.15, -0.1) is 0 Å². The number of carbonyl (C=O) groups excluding carboxylic acids is 1. The van der Waals surface area contributed by atoms with Crippen LogP contribution in [0.2, 0.25) is 0 Å². The molecular formula is C19H21FN4O. The van der Waals surface area contributed by atoms with E-state index >= 15 is 0 Å². The quantitative estimate of drug-likeness (QED) is 0.879. The van der Waals surface area contributed by atoms with Crippen LogP contribution in [-0.2, 0) is 0 Å². The van der Waals surface area contributed by atoms with E-state index in [1.165, 1.54) is 12.3 Å². The molecule has 0 aliphatic carbocycles. The Labute approximate surface area is 146 Å². The van der Waals surface area contributed by atoms with Crippen LogP contribution in [0, 0.1) is 19.7 Å². The average Bonchev–Trinajstić information content (AvgIpc) is 3.06. The van der Waals surface area contributed by atoms with Crippen LogP contribution in [0.5, 0.6) is 0 Å². The second kappa shape index (κ2) is 7.44. The second-order valence-electron chi connectivity index (χ2n) is 6.12. The van der Waals surface area contributed by atoms with Gasteiger partial charge in [-0.3, -0.25) is 9.78 Å². The third-order valence-corrected chi connectivity index (χ3v) is 4.11. The van der Waals surface area contributed by atoms with Crippen LogP contribution < -0.4 is 10.7 Å². The van der Waals surface area contributed by atoms with Crippen molar-refractivity contribution in [2.45, 2.75) is 19.9 Å². The van der Waals surface area contributed by atoms with Crippen molar-refractivity contribution in [2.75, 3.05) is 13.1 Å². The minimum absolute atomic E-state index is 0.0684. The molecule has 2 N–H and O–H groups in total. The molecule has 1 unspecified atom stereocenters. The molecule has 25 heavy (non-hydrogen) atoms. The molecule has 1 aromatic heterocycles. The fourth-order valence-electron chi connectivity index (χ4n) is 2.70. The van der Waals surface area contributed by atoms with Crippen molar-refractivity contribution < 1.29 is 9.18 Å². The van der Waals surface area contributed by atoms with Crippen LogP contribution >= 0.6 is 0 Å². The van der Waals surface area contributed by atoms with Crippen LogP contribution in [0.3, 0.4) is 0 Å². The van der Waals surface area contributed by atoms with Gasteiger partial charge in [0.1, 0.15) is 5.82 Å². The van der Waals surface area contributed by atoms with Crippen LogP contribution in [-0.4, -0.2) is 29.0 Å². The summed E-state index contributed by atoms with van der Waals surface area (Å²) in [6.45, 7) is 5.02. The maximum atomic E-state index is 12.9. The smallest absolute Gasteiger partial charge is 0.251 e. The standard InChI is InChI=1S/C19H21FN4O/c1-13-3-4-14(2)16(11-13)19(25)21-8-10-24-9-7-18(23-24)17-6-5-15(20)12-22-17/h3-7,9,11-12,18,23H,8,10H2,1-2H3,(H,21,25). The number of halogens is 1. The van der Waals surface area contributed by atoms with Crippen molar-refractivity contribution in [1.82, 2.24) is 20.7 Å². The third kappa shape index (κ3) is 4.22. The first kappa shape index (κ1) is 17.1. The summed E-state index contributed by atoms with van der Waals surface area (Å²) in [5.74, 6) is -0.419. The fourth-order valence-corrected chi connectivity index (χ4v) is 2.70. The first-order chi connectivity index (χ1) is 12.0. The predicted molar refractivity (Wildman–Crippen MR) is 94.2 cm³/mol. The molecule has 1 aromatic carbocycles. The Morgan fingerprint density at radius 3 is 2.92 bits per heavy atom. The number of rotatable bonds is 5. The van der Waals surface area contributed by atoms with Gasteiger partial charge < -0.3 is 10.3 Å². The van der Waals surface area contributed by atoms with Crippen molar-refractivity contribution in [2.24, 2.45) is 0 Å². The van der Waals surface area contributed by atoms with E-state index in [1.54, 1.807) is 6.07 Å². The number of nitrogens with zero attached hydrogens (tertiary/aromatic N) is 2. The summed E-state index contributed by atoms with van der Waals surface area (Å²) in [5, 5.41) is 4.82. The van der Waals surface area contributed by atoms with Gasteiger partial charge in [-0.25, -0.2) is 9.82 Å². The highest BCUT2D eigenvalue weighted by Crippen LogP contribution is 2.17. The van der Waals surface area contributed by atoms with E-state index in [4.69, 9.17) is 0 Å². The number of amides is 1. The zero-order valence-electron chi connectivity index (χ0n) is 14.3. The molecular weight excluding hydrogens is 319 g/mol. The zero-order valence-corrected chi connectivity index (χ0v) is 14.3. The lowest BCUT2D eigenvalue weighted by molar-refractivity contribution is 0.0948. The predicted octanol–water partition coefficient (Wildman–Crippen LogP) is 2.64. The van der Waals surface area contributed by atoms with Gasteiger partial charge in [0.15, 0.2) is 0 Å². The van der Waals surface area contributed by atoms with Crippen LogP contribution in [0.25, 0.3) is 0 Å². The summed E-state index contributed by atoms with van der Waals surface area (Å²) < 4.78 is 12.9. The van der Waals surface area contributed by atoms with Crippen LogP contribution in [0.4, 0.5) is 4.39 Å². The average molecular weight is 340 g/mol. The molecule has 0 bridgehead atoms. The largest absolute Gasteiger partial charge is 0.350 e. The highest BCUT2D eigenvalue weighted by Gasteiger charge is 2.18. The molecule has 0 spiro atoms. The van der Waals surface area contributed by atoms with E-state index in [9.17, 15) is 9.18 Å². The first-order valence-corrected chi connectivity index (χ1v) is 8.21. The number of carbonyl (C=O) groups is 1. The van der Waals surface area contributed by atoms with Gasteiger partial charge in [0.2, 0.25) is 0 Å². The van der Waals surface area contributed by atoms with Gasteiger partial charge in [0, 0.05) is 18.3 Å². The molecule has 0 saturated heterocycles. The number of hydrogen-bond acceptors (Lipinski definition) is 4. The molecule has 130 valence electrons. The molecule has 2 heterocycles. The number of hydrazine groups is 1. The van der Waals surface area contributed by atoms with Crippen LogP contribution in [0.1, 0.15) is 33.2 Å². The van der Waals surface area contributed by atoms with Gasteiger partial charge in [-0.05, 0) is 43.7 Å². The van der Waals surface area contributed by atoms with Crippen molar-refractivity contribution in [3.05, 3.63) is 77.0 Å². The summed E-state index contributed by atoms with van der Waals surface area (Å²) in [6, 6.07) is 8.81. The van der Waals surface area contributed by atoms with E-state index in [2.05, 4.69) is 15.7 Å². The molecule has 6 heteroatoms. The number of nitrogens with one attached hydrogen (secondary N) is 2. The number of aryl methyl sites for hydroxylation is 2. The SMILES string of the molecule is Cc1ccc(C)c(C(=O)NCCN2C=CC(c3ccc(F)cn3)N2)c1. The van der Waals surface area contributed by atoms with Crippen molar-refractivity contribution in [3.8, 4) is 0 Å². The van der Waals surface area contributed by atoms with E-state index < -0.39 is 0 Å². The lowest BCUT2D eigenvalue weighted by Gasteiger charge is -2.20. The fraction of sp³-hybridized carbons (Fsp3) is 0.263. The van der Waals surface area contributed by atoms with Crippen molar-refractivity contribution in [1.29, 1.82) is 0 Å². The topological polar surface area (TPSA) is 57.3 Å². The van der Waals surface area contributed by atoms with E-state index in [0.29, 0.717) is 18.7 Å². The molecule has 1 atom stereocenters. The van der Waals surface area contributed by atoms with Gasteiger partial charge in [0.25, 0.3) is 5.91 Å². The van der Waals surface area contributed by atoms with E-state index in [1.807, 2.05) is 49.3 Å². The maximum Gasteiger partial charge on any atom is 0.251 e. The van der Waals surface area contributed by atoms with Gasteiger partial charge in [-0.1, -0.05) is 17.7 Å². The highest BCUT2D eigenvalue weighted by atomic mass is 19.1. The summed E-state index contributed by atoms with van der Waals surface area (Å²) in [4.78, 5) is 16.4. The van der Waals surface area contributed by atoms with E-state index in [0.717, 1.165) is 16.8 Å². The second-order valence-corrected chi connectivity index (χ2v) is 6.12. The first-order valence-electron chi connectivity index (χ1n) is 8.21. The molecule has 1 aliphatic heterocycles. The maximum absolute atomic E-state index is 12.9. The molecule has 1 aliphatic rings. The molecule has 2 aromatic rings. The monoisotopic (exact) mass is 340 g/mol. The van der Waals surface area contributed by atoms with Crippen molar-refractivity contribution in [3.63, 3.8) is 0 Å². The Morgan fingerprint density at radius 2 is 2.16 bits per heavy atom. The zero-order chi connectivity index (χ0) is 17.8. The van der Waals surface area contributed by atoms with Gasteiger partial charge >= 0.3 is 0 Å². The Bertz CT molecular complexity index is 789. The van der Waals surface area contributed by atoms with E-state index in [-0.39, 0.29) is 17.8 Å². The molecule has 5 nitrogen and oxygen atoms in total. The highest BCUT2D eigenvalue weighted by molar-refractivity contribution is 5.95. The number of hydrogen-bond donors (Lipinski definition) is 2. The number of benzene rings is 1.